The van der Waals surface area contributed by atoms with Crippen LogP contribution in [0.25, 0.3) is 0 Å². The van der Waals surface area contributed by atoms with Crippen LogP contribution in [0.2, 0.25) is 5.28 Å². The predicted molar refractivity (Wildman–Crippen MR) is 54.6 cm³/mol. The summed E-state index contributed by atoms with van der Waals surface area (Å²) in [7, 11) is 1.65. The van der Waals surface area contributed by atoms with Crippen molar-refractivity contribution in [3.63, 3.8) is 0 Å². The van der Waals surface area contributed by atoms with Gasteiger partial charge in [-0.3, -0.25) is 0 Å². The molecule has 15 heavy (non-hydrogen) atoms. The van der Waals surface area contributed by atoms with E-state index in [2.05, 4.69) is 9.97 Å². The Balaban J connectivity index is 2.19. The van der Waals surface area contributed by atoms with Crippen LogP contribution >= 0.6 is 11.6 Å². The smallest absolute Gasteiger partial charge is 0.224 e. The van der Waals surface area contributed by atoms with Gasteiger partial charge in [-0.05, 0) is 18.0 Å². The lowest BCUT2D eigenvalue weighted by Crippen LogP contribution is -2.24. The summed E-state index contributed by atoms with van der Waals surface area (Å²) in [5, 5.41) is 0.0623. The fraction of sp³-hybridized carbons (Fsp3) is 0.556. The lowest BCUT2D eigenvalue weighted by atomic mass is 10.3. The van der Waals surface area contributed by atoms with Crippen molar-refractivity contribution in [3.8, 4) is 0 Å². The molecule has 0 spiro atoms. The molecule has 0 aliphatic carbocycles. The fourth-order valence-electron chi connectivity index (χ4n) is 1.67. The summed E-state index contributed by atoms with van der Waals surface area (Å²) in [6.45, 7) is 1.36. The van der Waals surface area contributed by atoms with Gasteiger partial charge in [0, 0.05) is 20.2 Å². The van der Waals surface area contributed by atoms with E-state index in [-0.39, 0.29) is 17.2 Å². The van der Waals surface area contributed by atoms with Gasteiger partial charge in [-0.1, -0.05) is 0 Å². The van der Waals surface area contributed by atoms with E-state index in [1.54, 1.807) is 7.11 Å². The Kier molecular flexibility index (Phi) is 3.02. The highest BCUT2D eigenvalue weighted by Crippen LogP contribution is 2.22. The molecule has 6 heteroatoms. The molecule has 0 saturated carbocycles. The van der Waals surface area contributed by atoms with Crippen molar-refractivity contribution in [1.29, 1.82) is 0 Å². The number of halogens is 2. The molecule has 1 saturated heterocycles. The molecule has 1 aliphatic rings. The Morgan fingerprint density at radius 3 is 3.13 bits per heavy atom. The van der Waals surface area contributed by atoms with Gasteiger partial charge in [-0.25, -0.2) is 9.37 Å². The molecule has 82 valence electrons. The molecule has 4 nitrogen and oxygen atoms in total. The molecule has 1 aromatic rings. The highest BCUT2D eigenvalue weighted by atomic mass is 35.5. The summed E-state index contributed by atoms with van der Waals surface area (Å²) < 4.78 is 18.6. The molecule has 1 fully saturated rings. The average molecular weight is 232 g/mol. The summed E-state index contributed by atoms with van der Waals surface area (Å²) >= 11 is 5.62. The van der Waals surface area contributed by atoms with Gasteiger partial charge in [0.2, 0.25) is 5.28 Å². The van der Waals surface area contributed by atoms with Crippen molar-refractivity contribution < 1.29 is 9.13 Å². The second kappa shape index (κ2) is 4.28. The fourth-order valence-corrected chi connectivity index (χ4v) is 1.80. The minimum absolute atomic E-state index is 0.0623. The molecule has 2 rings (SSSR count). The predicted octanol–water partition coefficient (Wildman–Crippen LogP) is 1.49. The second-order valence-corrected chi connectivity index (χ2v) is 3.74. The van der Waals surface area contributed by atoms with E-state index in [4.69, 9.17) is 16.3 Å². The van der Waals surface area contributed by atoms with E-state index in [0.717, 1.165) is 19.2 Å². The number of hydrogen-bond donors (Lipinski definition) is 0. The molecule has 2 heterocycles. The van der Waals surface area contributed by atoms with Crippen LogP contribution in [0.4, 0.5) is 10.2 Å². The lowest BCUT2D eigenvalue weighted by molar-refractivity contribution is 0.121. The van der Waals surface area contributed by atoms with Gasteiger partial charge in [0.1, 0.15) is 0 Å². The van der Waals surface area contributed by atoms with Crippen molar-refractivity contribution in [2.75, 3.05) is 25.1 Å². The topological polar surface area (TPSA) is 38.2 Å². The second-order valence-electron chi connectivity index (χ2n) is 3.40. The maximum atomic E-state index is 13.4. The number of hydrogen-bond acceptors (Lipinski definition) is 4. The highest BCUT2D eigenvalue weighted by molar-refractivity contribution is 6.28. The third-order valence-corrected chi connectivity index (χ3v) is 2.66. The normalized spacial score (nSPS) is 21.0. The van der Waals surface area contributed by atoms with Crippen LogP contribution < -0.4 is 4.90 Å². The zero-order chi connectivity index (χ0) is 10.8. The number of aromatic nitrogens is 2. The average Bonchev–Trinajstić information content (AvgIpc) is 2.70. The first kappa shape index (κ1) is 10.6. The maximum absolute atomic E-state index is 13.4. The van der Waals surface area contributed by atoms with Crippen LogP contribution in [0.3, 0.4) is 0 Å². The Morgan fingerprint density at radius 1 is 1.67 bits per heavy atom. The van der Waals surface area contributed by atoms with Gasteiger partial charge >= 0.3 is 0 Å². The first-order chi connectivity index (χ1) is 7.20. The van der Waals surface area contributed by atoms with Crippen molar-refractivity contribution in [2.45, 2.75) is 12.5 Å². The molecule has 0 aromatic carbocycles. The largest absolute Gasteiger partial charge is 0.380 e. The summed E-state index contributed by atoms with van der Waals surface area (Å²) in [6, 6.07) is 0. The molecule has 1 unspecified atom stereocenters. The van der Waals surface area contributed by atoms with E-state index < -0.39 is 5.82 Å². The first-order valence-electron chi connectivity index (χ1n) is 4.66. The number of anilines is 1. The van der Waals surface area contributed by atoms with Gasteiger partial charge < -0.3 is 9.64 Å². The summed E-state index contributed by atoms with van der Waals surface area (Å²) in [5.41, 5.74) is 0. The molecule has 0 bridgehead atoms. The number of ether oxygens (including phenoxy) is 1. The number of methoxy groups -OCH3 is 1. The Hall–Kier alpha value is -0.940. The Morgan fingerprint density at radius 2 is 2.47 bits per heavy atom. The minimum Gasteiger partial charge on any atom is -0.380 e. The Labute approximate surface area is 92.0 Å². The van der Waals surface area contributed by atoms with Crippen LogP contribution in [-0.4, -0.2) is 36.3 Å². The number of nitrogens with zero attached hydrogens (tertiary/aromatic N) is 3. The first-order valence-corrected chi connectivity index (χ1v) is 5.04. The van der Waals surface area contributed by atoms with Crippen molar-refractivity contribution >= 4 is 17.4 Å². The maximum Gasteiger partial charge on any atom is 0.224 e. The van der Waals surface area contributed by atoms with Gasteiger partial charge in [0.25, 0.3) is 0 Å². The summed E-state index contributed by atoms with van der Waals surface area (Å²) in [4.78, 5) is 9.26. The highest BCUT2D eigenvalue weighted by Gasteiger charge is 2.25. The van der Waals surface area contributed by atoms with Crippen LogP contribution in [0, 0.1) is 5.82 Å². The molecule has 0 amide bonds. The van der Waals surface area contributed by atoms with Gasteiger partial charge in [-0.2, -0.15) is 4.98 Å². The lowest BCUT2D eigenvalue weighted by Gasteiger charge is -2.17. The zero-order valence-electron chi connectivity index (χ0n) is 8.28. The zero-order valence-corrected chi connectivity index (χ0v) is 9.04. The van der Waals surface area contributed by atoms with E-state index in [9.17, 15) is 4.39 Å². The molecular weight excluding hydrogens is 221 g/mol. The van der Waals surface area contributed by atoms with E-state index in [1.165, 1.54) is 0 Å². The van der Waals surface area contributed by atoms with Crippen molar-refractivity contribution in [1.82, 2.24) is 9.97 Å². The molecular formula is C9H11ClFN3O. The summed E-state index contributed by atoms with van der Waals surface area (Å²) in [5.74, 6) is -0.189. The third-order valence-electron chi connectivity index (χ3n) is 2.47. The molecule has 1 aromatic heterocycles. The minimum atomic E-state index is -0.448. The molecule has 1 atom stereocenters. The van der Waals surface area contributed by atoms with E-state index in [1.807, 2.05) is 4.90 Å². The SMILES string of the molecule is COC1CCN(c2nc(Cl)ncc2F)C1. The number of rotatable bonds is 2. The van der Waals surface area contributed by atoms with E-state index >= 15 is 0 Å². The van der Waals surface area contributed by atoms with Gasteiger partial charge in [0.15, 0.2) is 11.6 Å². The van der Waals surface area contributed by atoms with Crippen LogP contribution in [0.5, 0.6) is 0 Å². The van der Waals surface area contributed by atoms with E-state index in [0.29, 0.717) is 6.54 Å². The van der Waals surface area contributed by atoms with Crippen LogP contribution in [0.1, 0.15) is 6.42 Å². The van der Waals surface area contributed by atoms with Crippen molar-refractivity contribution in [2.24, 2.45) is 0 Å². The van der Waals surface area contributed by atoms with Gasteiger partial charge in [0.05, 0.1) is 12.3 Å². The van der Waals surface area contributed by atoms with Crippen LogP contribution in [0.15, 0.2) is 6.20 Å². The molecule has 1 aliphatic heterocycles. The molecule has 0 N–H and O–H groups in total. The monoisotopic (exact) mass is 231 g/mol. The summed E-state index contributed by atoms with van der Waals surface area (Å²) in [6.07, 6.45) is 2.10. The quantitative estimate of drug-likeness (QED) is 0.723. The Bertz CT molecular complexity index is 363. The standard InChI is InChI=1S/C9H11ClFN3O/c1-15-6-2-3-14(5-6)8-7(11)4-12-9(10)13-8/h4,6H,2-3,5H2,1H3. The van der Waals surface area contributed by atoms with Gasteiger partial charge in [-0.15, -0.1) is 0 Å². The third kappa shape index (κ3) is 2.18. The van der Waals surface area contributed by atoms with Crippen molar-refractivity contribution in [3.05, 3.63) is 17.3 Å². The molecule has 0 radical (unpaired) electrons. The van der Waals surface area contributed by atoms with Crippen LogP contribution in [-0.2, 0) is 4.74 Å².